The van der Waals surface area contributed by atoms with Crippen LogP contribution in [0.3, 0.4) is 0 Å². The lowest BCUT2D eigenvalue weighted by Gasteiger charge is -2.06. The number of nitrogens with two attached hydrogens (primary N) is 1. The third-order valence-electron chi connectivity index (χ3n) is 2.27. The van der Waals surface area contributed by atoms with Crippen molar-refractivity contribution in [2.24, 2.45) is 7.05 Å². The molecule has 0 aliphatic rings. The van der Waals surface area contributed by atoms with Crippen molar-refractivity contribution in [3.05, 3.63) is 40.9 Å². The van der Waals surface area contributed by atoms with E-state index in [9.17, 15) is 0 Å². The van der Waals surface area contributed by atoms with Gasteiger partial charge in [-0.1, -0.05) is 15.9 Å². The van der Waals surface area contributed by atoms with Gasteiger partial charge in [0.15, 0.2) is 0 Å². The molecule has 16 heavy (non-hydrogen) atoms. The molecule has 0 spiro atoms. The topological polar surface area (TPSA) is 43.8 Å². The molecule has 0 radical (unpaired) electrons. The van der Waals surface area contributed by atoms with Gasteiger partial charge in [-0.15, -0.1) is 11.8 Å². The van der Waals surface area contributed by atoms with E-state index >= 15 is 0 Å². The number of nitrogens with zero attached hydrogens (tertiary/aromatic N) is 2. The van der Waals surface area contributed by atoms with Gasteiger partial charge >= 0.3 is 0 Å². The summed E-state index contributed by atoms with van der Waals surface area (Å²) in [5.41, 5.74) is 7.90. The number of aryl methyl sites for hydroxylation is 1. The van der Waals surface area contributed by atoms with Crippen molar-refractivity contribution in [1.82, 2.24) is 9.55 Å². The van der Waals surface area contributed by atoms with Crippen LogP contribution in [0.1, 0.15) is 5.69 Å². The number of aromatic nitrogens is 2. The van der Waals surface area contributed by atoms with Crippen LogP contribution < -0.4 is 5.73 Å². The van der Waals surface area contributed by atoms with Gasteiger partial charge in [-0.05, 0) is 18.2 Å². The fourth-order valence-electron chi connectivity index (χ4n) is 1.31. The molecule has 0 aliphatic heterocycles. The third kappa shape index (κ3) is 2.59. The fraction of sp³-hybridized carbons (Fsp3) is 0.182. The van der Waals surface area contributed by atoms with Gasteiger partial charge < -0.3 is 10.3 Å². The van der Waals surface area contributed by atoms with Gasteiger partial charge in [0.05, 0.1) is 6.33 Å². The fourth-order valence-corrected chi connectivity index (χ4v) is 2.85. The largest absolute Gasteiger partial charge is 0.398 e. The molecule has 0 atom stereocenters. The highest BCUT2D eigenvalue weighted by atomic mass is 79.9. The molecule has 2 aromatic rings. The second-order valence-electron chi connectivity index (χ2n) is 3.47. The number of hydrogen-bond acceptors (Lipinski definition) is 3. The Bertz CT molecular complexity index is 496. The molecule has 0 amide bonds. The molecule has 1 aromatic carbocycles. The predicted octanol–water partition coefficient (Wildman–Crippen LogP) is 3.06. The van der Waals surface area contributed by atoms with Crippen LogP contribution >= 0.6 is 27.7 Å². The van der Waals surface area contributed by atoms with Crippen LogP contribution in [0, 0.1) is 0 Å². The van der Waals surface area contributed by atoms with Crippen molar-refractivity contribution < 1.29 is 0 Å². The Kier molecular flexibility index (Phi) is 3.56. The molecule has 1 aromatic heterocycles. The maximum atomic E-state index is 5.90. The third-order valence-corrected chi connectivity index (χ3v) is 3.87. The smallest absolute Gasteiger partial charge is 0.0945 e. The molecular formula is C11H12BrN3S. The van der Waals surface area contributed by atoms with Crippen molar-refractivity contribution in [3.8, 4) is 0 Å². The first kappa shape index (κ1) is 11.5. The molecule has 2 N–H and O–H groups in total. The molecule has 0 aliphatic carbocycles. The van der Waals surface area contributed by atoms with Gasteiger partial charge in [0, 0.05) is 39.7 Å². The summed E-state index contributed by atoms with van der Waals surface area (Å²) < 4.78 is 3.07. The molecular weight excluding hydrogens is 286 g/mol. The molecule has 0 saturated carbocycles. The number of anilines is 1. The molecule has 2 rings (SSSR count). The zero-order valence-corrected chi connectivity index (χ0v) is 11.3. The van der Waals surface area contributed by atoms with E-state index < -0.39 is 0 Å². The molecule has 0 fully saturated rings. The Hall–Kier alpha value is -0.940. The zero-order chi connectivity index (χ0) is 11.5. The lowest BCUT2D eigenvalue weighted by atomic mass is 10.3. The van der Waals surface area contributed by atoms with Crippen LogP contribution in [0.25, 0.3) is 0 Å². The number of rotatable bonds is 3. The number of imidazole rings is 1. The number of thioether (sulfide) groups is 1. The highest BCUT2D eigenvalue weighted by Gasteiger charge is 2.03. The normalized spacial score (nSPS) is 10.6. The van der Waals surface area contributed by atoms with Gasteiger partial charge in [-0.3, -0.25) is 0 Å². The second kappa shape index (κ2) is 4.93. The van der Waals surface area contributed by atoms with Gasteiger partial charge in [0.1, 0.15) is 0 Å². The predicted molar refractivity (Wildman–Crippen MR) is 71.3 cm³/mol. The monoisotopic (exact) mass is 297 g/mol. The number of nitrogen functional groups attached to an aromatic ring is 1. The molecule has 0 bridgehead atoms. The Labute approximate surface area is 107 Å². The van der Waals surface area contributed by atoms with Crippen LogP contribution in [0.4, 0.5) is 5.69 Å². The molecule has 0 saturated heterocycles. The van der Waals surface area contributed by atoms with E-state index in [4.69, 9.17) is 5.73 Å². The zero-order valence-electron chi connectivity index (χ0n) is 8.85. The van der Waals surface area contributed by atoms with E-state index in [1.165, 1.54) is 5.69 Å². The van der Waals surface area contributed by atoms with Gasteiger partial charge in [-0.2, -0.15) is 0 Å². The van der Waals surface area contributed by atoms with Gasteiger partial charge in [0.25, 0.3) is 0 Å². The summed E-state index contributed by atoms with van der Waals surface area (Å²) in [6.07, 6.45) is 3.68. The van der Waals surface area contributed by atoms with E-state index in [1.807, 2.05) is 36.0 Å². The van der Waals surface area contributed by atoms with Crippen molar-refractivity contribution in [2.75, 3.05) is 5.73 Å². The average molecular weight is 298 g/mol. The van der Waals surface area contributed by atoms with Crippen molar-refractivity contribution in [2.45, 2.75) is 10.6 Å². The summed E-state index contributed by atoms with van der Waals surface area (Å²) in [6.45, 7) is 0. The van der Waals surface area contributed by atoms with E-state index in [-0.39, 0.29) is 0 Å². The summed E-state index contributed by atoms with van der Waals surface area (Å²) >= 11 is 5.16. The summed E-state index contributed by atoms with van der Waals surface area (Å²) in [7, 11) is 1.99. The molecule has 3 nitrogen and oxygen atoms in total. The summed E-state index contributed by atoms with van der Waals surface area (Å²) in [4.78, 5) is 5.18. The van der Waals surface area contributed by atoms with E-state index in [1.54, 1.807) is 18.1 Å². The lowest BCUT2D eigenvalue weighted by molar-refractivity contribution is 0.867. The van der Waals surface area contributed by atoms with Crippen molar-refractivity contribution >= 4 is 33.4 Å². The van der Waals surface area contributed by atoms with Gasteiger partial charge in [-0.25, -0.2) is 4.98 Å². The summed E-state index contributed by atoms with van der Waals surface area (Å²) in [5.74, 6) is 0.872. The maximum absolute atomic E-state index is 5.90. The van der Waals surface area contributed by atoms with Crippen LogP contribution in [0.2, 0.25) is 0 Å². The van der Waals surface area contributed by atoms with Crippen LogP contribution in [-0.4, -0.2) is 9.55 Å². The van der Waals surface area contributed by atoms with Crippen molar-refractivity contribution in [1.29, 1.82) is 0 Å². The quantitative estimate of drug-likeness (QED) is 0.699. The minimum absolute atomic E-state index is 0.815. The number of hydrogen-bond donors (Lipinski definition) is 1. The number of halogens is 1. The molecule has 0 unspecified atom stereocenters. The van der Waals surface area contributed by atoms with Crippen LogP contribution in [0.15, 0.2) is 40.1 Å². The molecule has 1 heterocycles. The Morgan fingerprint density at radius 2 is 2.31 bits per heavy atom. The van der Waals surface area contributed by atoms with Crippen molar-refractivity contribution in [3.63, 3.8) is 0 Å². The highest BCUT2D eigenvalue weighted by molar-refractivity contribution is 9.10. The van der Waals surface area contributed by atoms with E-state index in [0.717, 1.165) is 20.8 Å². The first-order valence-corrected chi connectivity index (χ1v) is 6.57. The van der Waals surface area contributed by atoms with Crippen LogP contribution in [0.5, 0.6) is 0 Å². The Balaban J connectivity index is 2.10. The van der Waals surface area contributed by atoms with E-state index in [2.05, 4.69) is 20.9 Å². The lowest BCUT2D eigenvalue weighted by Crippen LogP contribution is -1.93. The average Bonchev–Trinajstić information content (AvgIpc) is 2.66. The summed E-state index contributed by atoms with van der Waals surface area (Å²) in [6, 6.07) is 5.90. The molecule has 84 valence electrons. The van der Waals surface area contributed by atoms with Crippen LogP contribution in [-0.2, 0) is 12.8 Å². The minimum atomic E-state index is 0.815. The Morgan fingerprint density at radius 3 is 3.00 bits per heavy atom. The first-order chi connectivity index (χ1) is 7.66. The first-order valence-electron chi connectivity index (χ1n) is 4.80. The van der Waals surface area contributed by atoms with E-state index in [0.29, 0.717) is 0 Å². The maximum Gasteiger partial charge on any atom is 0.0945 e. The standard InChI is InChI=1S/C11H12BrN3S/c1-15-7-14-5-9(15)6-16-11-4-8(12)2-3-10(11)13/h2-5,7H,6,13H2,1H3. The van der Waals surface area contributed by atoms with Gasteiger partial charge in [0.2, 0.25) is 0 Å². The minimum Gasteiger partial charge on any atom is -0.398 e. The SMILES string of the molecule is Cn1cncc1CSc1cc(Br)ccc1N. The summed E-state index contributed by atoms with van der Waals surface area (Å²) in [5, 5.41) is 0. The Morgan fingerprint density at radius 1 is 1.50 bits per heavy atom. The number of benzene rings is 1. The molecule has 5 heteroatoms. The highest BCUT2D eigenvalue weighted by Crippen LogP contribution is 2.30. The second-order valence-corrected chi connectivity index (χ2v) is 5.40.